The van der Waals surface area contributed by atoms with Crippen LogP contribution in [0.1, 0.15) is 49.4 Å². The number of nitrogens with zero attached hydrogens (tertiary/aromatic N) is 5. The van der Waals surface area contributed by atoms with E-state index in [2.05, 4.69) is 21.9 Å². The summed E-state index contributed by atoms with van der Waals surface area (Å²) in [5.41, 5.74) is 0.685. The predicted octanol–water partition coefficient (Wildman–Crippen LogP) is 3.21. The van der Waals surface area contributed by atoms with Crippen LogP contribution in [0.3, 0.4) is 0 Å². The SMILES string of the molecule is CCCN(C)c1ccc(C(=O)N2CCCCC2CCn2cccn2)cn1. The molecule has 0 aromatic carbocycles. The van der Waals surface area contributed by atoms with Crippen molar-refractivity contribution in [1.29, 1.82) is 0 Å². The number of likely N-dealkylation sites (tertiary alicyclic amines) is 1. The molecule has 0 N–H and O–H groups in total. The average Bonchev–Trinajstić information content (AvgIpc) is 3.20. The van der Waals surface area contributed by atoms with Crippen molar-refractivity contribution in [2.75, 3.05) is 25.0 Å². The van der Waals surface area contributed by atoms with Crippen LogP contribution < -0.4 is 4.90 Å². The van der Waals surface area contributed by atoms with Gasteiger partial charge in [0.15, 0.2) is 0 Å². The number of piperidine rings is 1. The highest BCUT2D eigenvalue weighted by Crippen LogP contribution is 2.23. The van der Waals surface area contributed by atoms with Crippen molar-refractivity contribution < 1.29 is 4.79 Å². The van der Waals surface area contributed by atoms with Crippen LogP contribution in [0, 0.1) is 0 Å². The van der Waals surface area contributed by atoms with Gasteiger partial charge in [-0.3, -0.25) is 9.48 Å². The Labute approximate surface area is 155 Å². The molecule has 0 saturated carbocycles. The Morgan fingerprint density at radius 1 is 1.35 bits per heavy atom. The molecule has 140 valence electrons. The number of aryl methyl sites for hydroxylation is 1. The molecule has 1 amide bonds. The van der Waals surface area contributed by atoms with Crippen molar-refractivity contribution in [1.82, 2.24) is 19.7 Å². The molecule has 6 heteroatoms. The Morgan fingerprint density at radius 2 is 2.23 bits per heavy atom. The lowest BCUT2D eigenvalue weighted by Gasteiger charge is -2.36. The van der Waals surface area contributed by atoms with Crippen molar-refractivity contribution in [2.24, 2.45) is 0 Å². The fourth-order valence-electron chi connectivity index (χ4n) is 3.64. The van der Waals surface area contributed by atoms with Crippen molar-refractivity contribution in [3.63, 3.8) is 0 Å². The number of anilines is 1. The third-order valence-corrected chi connectivity index (χ3v) is 5.08. The molecule has 3 heterocycles. The number of carbonyl (C=O) groups is 1. The molecule has 0 bridgehead atoms. The summed E-state index contributed by atoms with van der Waals surface area (Å²) >= 11 is 0. The number of hydrogen-bond acceptors (Lipinski definition) is 4. The zero-order chi connectivity index (χ0) is 18.4. The van der Waals surface area contributed by atoms with E-state index in [-0.39, 0.29) is 11.9 Å². The lowest BCUT2D eigenvalue weighted by Crippen LogP contribution is -2.44. The summed E-state index contributed by atoms with van der Waals surface area (Å²) in [6.07, 6.45) is 10.8. The Morgan fingerprint density at radius 3 is 2.92 bits per heavy atom. The largest absolute Gasteiger partial charge is 0.360 e. The predicted molar refractivity (Wildman–Crippen MR) is 103 cm³/mol. The van der Waals surface area contributed by atoms with Crippen molar-refractivity contribution in [3.8, 4) is 0 Å². The van der Waals surface area contributed by atoms with E-state index in [1.54, 1.807) is 12.4 Å². The molecule has 2 aromatic heterocycles. The van der Waals surface area contributed by atoms with E-state index in [0.717, 1.165) is 51.1 Å². The van der Waals surface area contributed by atoms with Gasteiger partial charge in [-0.25, -0.2) is 4.98 Å². The molecule has 0 spiro atoms. The Hall–Kier alpha value is -2.37. The second kappa shape index (κ2) is 8.83. The van der Waals surface area contributed by atoms with Crippen molar-refractivity contribution in [3.05, 3.63) is 42.4 Å². The van der Waals surface area contributed by atoms with Gasteiger partial charge in [0.2, 0.25) is 0 Å². The highest BCUT2D eigenvalue weighted by atomic mass is 16.2. The normalized spacial score (nSPS) is 17.3. The maximum absolute atomic E-state index is 13.0. The first-order chi connectivity index (χ1) is 12.7. The topological polar surface area (TPSA) is 54.3 Å². The fraction of sp³-hybridized carbons (Fsp3) is 0.550. The van der Waals surface area contributed by atoms with E-state index < -0.39 is 0 Å². The number of hydrogen-bond donors (Lipinski definition) is 0. The average molecular weight is 355 g/mol. The molecule has 1 unspecified atom stereocenters. The number of amides is 1. The van der Waals surface area contributed by atoms with Gasteiger partial charge in [0.05, 0.1) is 5.56 Å². The molecule has 2 aromatic rings. The zero-order valence-corrected chi connectivity index (χ0v) is 15.8. The number of rotatable bonds is 7. The minimum atomic E-state index is 0.104. The maximum atomic E-state index is 13.0. The first kappa shape index (κ1) is 18.4. The smallest absolute Gasteiger partial charge is 0.255 e. The van der Waals surface area contributed by atoms with Gasteiger partial charge >= 0.3 is 0 Å². The lowest BCUT2D eigenvalue weighted by atomic mass is 9.98. The minimum absolute atomic E-state index is 0.104. The third-order valence-electron chi connectivity index (χ3n) is 5.08. The summed E-state index contributed by atoms with van der Waals surface area (Å²) in [7, 11) is 2.03. The molecule has 6 nitrogen and oxygen atoms in total. The standard InChI is InChI=1S/C20H29N5O/c1-3-12-23(2)19-9-8-17(16-21-19)20(26)25-14-5-4-7-18(25)10-15-24-13-6-11-22-24/h6,8-9,11,13,16,18H,3-5,7,10,12,14-15H2,1-2H3. The summed E-state index contributed by atoms with van der Waals surface area (Å²) in [5, 5.41) is 4.27. The number of pyridine rings is 1. The van der Waals surface area contributed by atoms with Crippen LogP contribution in [0.5, 0.6) is 0 Å². The molecule has 1 aliphatic heterocycles. The first-order valence-electron chi connectivity index (χ1n) is 9.64. The van der Waals surface area contributed by atoms with E-state index >= 15 is 0 Å². The highest BCUT2D eigenvalue weighted by Gasteiger charge is 2.27. The molecule has 3 rings (SSSR count). The Kier molecular flexibility index (Phi) is 6.26. The van der Waals surface area contributed by atoms with Crippen molar-refractivity contribution >= 4 is 11.7 Å². The summed E-state index contributed by atoms with van der Waals surface area (Å²) in [6.45, 7) is 4.79. The Balaban J connectivity index is 1.65. The van der Waals surface area contributed by atoms with E-state index in [1.807, 2.05) is 41.0 Å². The van der Waals surface area contributed by atoms with Gasteiger partial charge in [-0.1, -0.05) is 6.92 Å². The molecule has 0 radical (unpaired) electrons. The second-order valence-corrected chi connectivity index (χ2v) is 7.03. The minimum Gasteiger partial charge on any atom is -0.360 e. The molecule has 0 aliphatic carbocycles. The lowest BCUT2D eigenvalue weighted by molar-refractivity contribution is 0.0593. The van der Waals surface area contributed by atoms with Gasteiger partial charge in [0.1, 0.15) is 5.82 Å². The van der Waals surface area contributed by atoms with Crippen molar-refractivity contribution in [2.45, 2.75) is 51.6 Å². The number of carbonyl (C=O) groups excluding carboxylic acids is 1. The molecule has 1 fully saturated rings. The van der Waals surface area contributed by atoms with E-state index in [1.165, 1.54) is 6.42 Å². The summed E-state index contributed by atoms with van der Waals surface area (Å²) in [5.74, 6) is 1.02. The van der Waals surface area contributed by atoms with E-state index in [9.17, 15) is 4.79 Å². The molecule has 1 saturated heterocycles. The van der Waals surface area contributed by atoms with Gasteiger partial charge in [-0.05, 0) is 50.3 Å². The molecule has 1 atom stereocenters. The van der Waals surface area contributed by atoms with Gasteiger partial charge in [-0.15, -0.1) is 0 Å². The molecular weight excluding hydrogens is 326 g/mol. The highest BCUT2D eigenvalue weighted by molar-refractivity contribution is 5.94. The fourth-order valence-corrected chi connectivity index (χ4v) is 3.64. The van der Waals surface area contributed by atoms with Crippen LogP contribution in [0.4, 0.5) is 5.82 Å². The van der Waals surface area contributed by atoms with Gasteiger partial charge in [-0.2, -0.15) is 5.10 Å². The summed E-state index contributed by atoms with van der Waals surface area (Å²) in [4.78, 5) is 21.7. The first-order valence-corrected chi connectivity index (χ1v) is 9.64. The van der Waals surface area contributed by atoms with Crippen LogP contribution in [0.15, 0.2) is 36.8 Å². The van der Waals surface area contributed by atoms with Crippen LogP contribution >= 0.6 is 0 Å². The van der Waals surface area contributed by atoms with Crippen LogP contribution in [-0.4, -0.2) is 51.8 Å². The number of aromatic nitrogens is 3. The van der Waals surface area contributed by atoms with Gasteiger partial charge < -0.3 is 9.80 Å². The third kappa shape index (κ3) is 4.42. The van der Waals surface area contributed by atoms with Crippen LogP contribution in [0.25, 0.3) is 0 Å². The quantitative estimate of drug-likeness (QED) is 0.765. The molecule has 1 aliphatic rings. The monoisotopic (exact) mass is 355 g/mol. The van der Waals surface area contributed by atoms with E-state index in [4.69, 9.17) is 0 Å². The zero-order valence-electron chi connectivity index (χ0n) is 15.8. The molecule has 26 heavy (non-hydrogen) atoms. The van der Waals surface area contributed by atoms with E-state index in [0.29, 0.717) is 5.56 Å². The van der Waals surface area contributed by atoms with Gasteiger partial charge in [0.25, 0.3) is 5.91 Å². The second-order valence-electron chi connectivity index (χ2n) is 7.03. The summed E-state index contributed by atoms with van der Waals surface area (Å²) < 4.78 is 1.94. The van der Waals surface area contributed by atoms with Crippen LogP contribution in [0.2, 0.25) is 0 Å². The maximum Gasteiger partial charge on any atom is 0.255 e. The van der Waals surface area contributed by atoms with Crippen LogP contribution in [-0.2, 0) is 6.54 Å². The molecular formula is C20H29N5O. The summed E-state index contributed by atoms with van der Waals surface area (Å²) in [6, 6.07) is 6.08. The van der Waals surface area contributed by atoms with Gasteiger partial charge in [0, 0.05) is 51.3 Å². The Bertz CT molecular complexity index is 683.